The molecule has 0 aliphatic carbocycles. The van der Waals surface area contributed by atoms with Crippen LogP contribution in [0.2, 0.25) is 5.02 Å². The Kier molecular flexibility index (Phi) is 8.15. The fourth-order valence-electron chi connectivity index (χ4n) is 4.98. The number of hydrogen-bond donors (Lipinski definition) is 0. The number of likely N-dealkylation sites (N-methyl/N-ethyl adjacent to an activating group) is 1. The van der Waals surface area contributed by atoms with Crippen molar-refractivity contribution in [1.82, 2.24) is 9.47 Å². The number of aromatic nitrogens is 1. The van der Waals surface area contributed by atoms with Gasteiger partial charge < -0.3 is 14.1 Å². The second-order valence-corrected chi connectivity index (χ2v) is 10.8. The molecular weight excluding hydrogens is 580 g/mol. The summed E-state index contributed by atoms with van der Waals surface area (Å²) in [5.74, 6) is 1.10. The quantitative estimate of drug-likeness (QED) is 0.207. The molecule has 0 N–H and O–H groups in total. The lowest BCUT2D eigenvalue weighted by atomic mass is 9.94. The minimum Gasteiger partial charge on any atom is -0.496 e. The van der Waals surface area contributed by atoms with Crippen LogP contribution in [-0.4, -0.2) is 40.5 Å². The summed E-state index contributed by atoms with van der Waals surface area (Å²) in [6, 6.07) is 14.3. The second-order valence-electron chi connectivity index (χ2n) is 9.43. The van der Waals surface area contributed by atoms with Crippen molar-refractivity contribution in [2.24, 2.45) is 4.99 Å². The molecule has 0 bridgehead atoms. The molecule has 216 valence electrons. The van der Waals surface area contributed by atoms with Crippen LogP contribution in [0, 0.1) is 10.1 Å². The number of fused-ring (bicyclic) bond motifs is 1. The first kappa shape index (κ1) is 29.0. The van der Waals surface area contributed by atoms with Crippen LogP contribution >= 0.6 is 22.9 Å². The first-order valence-corrected chi connectivity index (χ1v) is 14.4. The molecule has 4 aromatic rings. The number of halogens is 1. The summed E-state index contributed by atoms with van der Waals surface area (Å²) in [7, 11) is 1.55. The van der Waals surface area contributed by atoms with Gasteiger partial charge in [0.25, 0.3) is 17.2 Å². The van der Waals surface area contributed by atoms with Gasteiger partial charge >= 0.3 is 0 Å². The lowest BCUT2D eigenvalue weighted by Crippen LogP contribution is -2.43. The molecule has 2 aromatic carbocycles. The highest BCUT2D eigenvalue weighted by Gasteiger charge is 2.35. The fourth-order valence-corrected chi connectivity index (χ4v) is 6.20. The van der Waals surface area contributed by atoms with Gasteiger partial charge in [0.15, 0.2) is 4.80 Å². The Morgan fingerprint density at radius 3 is 2.64 bits per heavy atom. The number of methoxy groups -OCH3 is 1. The SMILES string of the molecule is CCN(CC)C(=O)C1=C(C)N=c2s/c(=C/c3ccc(-c4ccc(Cl)c([N+](=O)[O-])c4)o3)c(=O)n2[C@@H]1c1ccccc1OC. The smallest absolute Gasteiger partial charge is 0.288 e. The Hall–Kier alpha value is -4.48. The first-order valence-electron chi connectivity index (χ1n) is 13.2. The number of nitro benzene ring substituents is 1. The maximum atomic E-state index is 14.0. The number of carbonyl (C=O) groups excluding carboxylic acids is 1. The van der Waals surface area contributed by atoms with Crippen molar-refractivity contribution in [2.45, 2.75) is 26.8 Å². The number of nitrogens with zero attached hydrogens (tertiary/aromatic N) is 4. The zero-order chi connectivity index (χ0) is 30.1. The highest BCUT2D eigenvalue weighted by molar-refractivity contribution is 7.07. The molecule has 1 aliphatic heterocycles. The van der Waals surface area contributed by atoms with Crippen molar-refractivity contribution >= 4 is 40.6 Å². The second kappa shape index (κ2) is 11.8. The van der Waals surface area contributed by atoms with Gasteiger partial charge in [0.2, 0.25) is 0 Å². The standard InChI is InChI=1S/C30H27ClN4O6S/c1-5-33(6-2)29(37)26-17(3)32-30-34(27(26)20-9-7-8-10-24(20)40-4)28(36)25(42-30)16-19-12-14-23(41-19)18-11-13-21(31)22(15-18)35(38)39/h7-16,27H,5-6H2,1-4H3/b25-16+/t27-/m1/s1. The summed E-state index contributed by atoms with van der Waals surface area (Å²) in [4.78, 5) is 45.4. The van der Waals surface area contributed by atoms with E-state index in [1.807, 2.05) is 32.0 Å². The maximum absolute atomic E-state index is 14.0. The van der Waals surface area contributed by atoms with Gasteiger partial charge in [0.1, 0.15) is 28.3 Å². The van der Waals surface area contributed by atoms with E-state index in [0.717, 1.165) is 0 Å². The van der Waals surface area contributed by atoms with E-state index in [1.54, 1.807) is 49.3 Å². The monoisotopic (exact) mass is 606 g/mol. The maximum Gasteiger partial charge on any atom is 0.288 e. The predicted octanol–water partition coefficient (Wildman–Crippen LogP) is 4.93. The molecule has 0 saturated heterocycles. The molecule has 2 aromatic heterocycles. The minimum atomic E-state index is -0.755. The van der Waals surface area contributed by atoms with Crippen molar-refractivity contribution in [2.75, 3.05) is 20.2 Å². The Morgan fingerprint density at radius 1 is 1.21 bits per heavy atom. The largest absolute Gasteiger partial charge is 0.496 e. The highest BCUT2D eigenvalue weighted by atomic mass is 35.5. The van der Waals surface area contributed by atoms with Gasteiger partial charge in [-0.15, -0.1) is 0 Å². The van der Waals surface area contributed by atoms with E-state index >= 15 is 0 Å². The van der Waals surface area contributed by atoms with Crippen molar-refractivity contribution in [3.05, 3.63) is 112 Å². The average Bonchev–Trinajstić information content (AvgIpc) is 3.57. The summed E-state index contributed by atoms with van der Waals surface area (Å²) in [6.07, 6.45) is 1.60. The Morgan fingerprint density at radius 2 is 1.95 bits per heavy atom. The molecule has 5 rings (SSSR count). The molecule has 1 atom stereocenters. The van der Waals surface area contributed by atoms with Gasteiger partial charge in [-0.3, -0.25) is 24.3 Å². The van der Waals surface area contributed by atoms with Crippen LogP contribution in [0.25, 0.3) is 17.4 Å². The van der Waals surface area contributed by atoms with E-state index in [9.17, 15) is 19.7 Å². The summed E-state index contributed by atoms with van der Waals surface area (Å²) >= 11 is 7.13. The molecule has 3 heterocycles. The van der Waals surface area contributed by atoms with Crippen molar-refractivity contribution in [3.8, 4) is 17.1 Å². The molecule has 0 fully saturated rings. The molecular formula is C30H27ClN4O6S. The summed E-state index contributed by atoms with van der Waals surface area (Å²) in [5, 5.41) is 11.3. The fraction of sp³-hybridized carbons (Fsp3) is 0.233. The molecule has 42 heavy (non-hydrogen) atoms. The van der Waals surface area contributed by atoms with Gasteiger partial charge in [-0.05, 0) is 51.1 Å². The van der Waals surface area contributed by atoms with Crippen LogP contribution in [0.4, 0.5) is 5.69 Å². The molecule has 0 unspecified atom stereocenters. The number of rotatable bonds is 8. The van der Waals surface area contributed by atoms with Gasteiger partial charge in [0, 0.05) is 36.4 Å². The van der Waals surface area contributed by atoms with Crippen molar-refractivity contribution in [3.63, 3.8) is 0 Å². The van der Waals surface area contributed by atoms with Crippen LogP contribution < -0.4 is 19.6 Å². The lowest BCUT2D eigenvalue weighted by Gasteiger charge is -2.29. The summed E-state index contributed by atoms with van der Waals surface area (Å²) < 4.78 is 13.5. The Labute approximate surface area is 249 Å². The van der Waals surface area contributed by atoms with Crippen LogP contribution in [0.15, 0.2) is 80.1 Å². The molecule has 1 amide bonds. The predicted molar refractivity (Wildman–Crippen MR) is 160 cm³/mol. The zero-order valence-electron chi connectivity index (χ0n) is 23.3. The third-order valence-electron chi connectivity index (χ3n) is 7.06. The van der Waals surface area contributed by atoms with Gasteiger partial charge in [0.05, 0.1) is 27.8 Å². The van der Waals surface area contributed by atoms with E-state index < -0.39 is 11.0 Å². The number of para-hydroxylation sites is 1. The lowest BCUT2D eigenvalue weighted by molar-refractivity contribution is -0.384. The topological polar surface area (TPSA) is 120 Å². The van der Waals surface area contributed by atoms with Gasteiger partial charge in [-0.25, -0.2) is 4.99 Å². The van der Waals surface area contributed by atoms with E-state index in [-0.39, 0.29) is 22.2 Å². The average molecular weight is 607 g/mol. The van der Waals surface area contributed by atoms with Crippen LogP contribution in [0.1, 0.15) is 38.1 Å². The normalized spacial score (nSPS) is 14.9. The Bertz CT molecular complexity index is 1920. The summed E-state index contributed by atoms with van der Waals surface area (Å²) in [5.41, 5.74) is 1.50. The Balaban J connectivity index is 1.65. The molecule has 0 radical (unpaired) electrons. The number of carbonyl (C=O) groups is 1. The van der Waals surface area contributed by atoms with Crippen LogP contribution in [0.3, 0.4) is 0 Å². The van der Waals surface area contributed by atoms with E-state index in [0.29, 0.717) is 62.1 Å². The number of hydrogen-bond acceptors (Lipinski definition) is 8. The molecule has 10 nitrogen and oxygen atoms in total. The van der Waals surface area contributed by atoms with Crippen molar-refractivity contribution in [1.29, 1.82) is 0 Å². The van der Waals surface area contributed by atoms with Gasteiger partial charge in [-0.2, -0.15) is 0 Å². The van der Waals surface area contributed by atoms with Gasteiger partial charge in [-0.1, -0.05) is 41.1 Å². The summed E-state index contributed by atoms with van der Waals surface area (Å²) in [6.45, 7) is 6.61. The van der Waals surface area contributed by atoms with Crippen LogP contribution in [-0.2, 0) is 4.79 Å². The molecule has 0 spiro atoms. The number of thiazole rings is 1. The van der Waals surface area contributed by atoms with E-state index in [2.05, 4.69) is 4.99 Å². The highest BCUT2D eigenvalue weighted by Crippen LogP contribution is 2.36. The molecule has 1 aliphatic rings. The van der Waals surface area contributed by atoms with Crippen LogP contribution in [0.5, 0.6) is 5.75 Å². The number of allylic oxidation sites excluding steroid dienone is 1. The zero-order valence-corrected chi connectivity index (χ0v) is 24.9. The minimum absolute atomic E-state index is 0.0235. The number of benzene rings is 2. The number of ether oxygens (including phenoxy) is 1. The number of nitro groups is 1. The molecule has 0 saturated carbocycles. The van der Waals surface area contributed by atoms with Crippen molar-refractivity contribution < 1.29 is 18.9 Å². The molecule has 12 heteroatoms. The van der Waals surface area contributed by atoms with E-state index in [1.165, 1.54) is 28.0 Å². The number of furan rings is 1. The third-order valence-corrected chi connectivity index (χ3v) is 8.37. The number of amides is 1. The van der Waals surface area contributed by atoms with E-state index in [4.69, 9.17) is 20.8 Å². The first-order chi connectivity index (χ1) is 20.2. The third kappa shape index (κ3) is 5.17.